The number of fused-ring (bicyclic) bond motifs is 13. The van der Waals surface area contributed by atoms with Crippen molar-refractivity contribution in [3.63, 3.8) is 0 Å². The van der Waals surface area contributed by atoms with Crippen molar-refractivity contribution in [3.8, 4) is 11.4 Å². The highest BCUT2D eigenvalue weighted by Crippen LogP contribution is 2.43. The van der Waals surface area contributed by atoms with Crippen molar-refractivity contribution in [2.75, 3.05) is 0 Å². The molecule has 0 bridgehead atoms. The summed E-state index contributed by atoms with van der Waals surface area (Å²) in [6, 6.07) is 41.6. The van der Waals surface area contributed by atoms with Gasteiger partial charge in [-0.15, -0.1) is 0 Å². The first-order valence-electron chi connectivity index (χ1n) is 14.5. The molecule has 0 amide bonds. The molecule has 0 radical (unpaired) electrons. The highest BCUT2D eigenvalue weighted by molar-refractivity contribution is 6.29. The lowest BCUT2D eigenvalue weighted by Crippen LogP contribution is -1.97. The van der Waals surface area contributed by atoms with E-state index in [0.29, 0.717) is 0 Å². The Morgan fingerprint density at radius 1 is 0.465 bits per heavy atom. The SMILES string of the molecule is c1ccc(-n2c3ccccc3c3cc4c5ccc6c(c7ccncc7n7ccnc67)c5n(-c5ccccc5)c4cc32)cc1. The molecule has 0 atom stereocenters. The predicted octanol–water partition coefficient (Wildman–Crippen LogP) is 9.23. The van der Waals surface area contributed by atoms with Gasteiger partial charge in [0.05, 0.1) is 33.8 Å². The van der Waals surface area contributed by atoms with Crippen LogP contribution in [0.1, 0.15) is 0 Å². The lowest BCUT2D eigenvalue weighted by atomic mass is 10.0. The van der Waals surface area contributed by atoms with E-state index in [1.54, 1.807) is 0 Å². The summed E-state index contributed by atoms with van der Waals surface area (Å²) in [4.78, 5) is 9.29. The van der Waals surface area contributed by atoms with Gasteiger partial charge in [-0.3, -0.25) is 9.38 Å². The van der Waals surface area contributed by atoms with Gasteiger partial charge in [-0.1, -0.05) is 60.7 Å². The average molecular weight is 550 g/mol. The molecule has 5 heterocycles. The monoisotopic (exact) mass is 549 g/mol. The topological polar surface area (TPSA) is 40.1 Å². The van der Waals surface area contributed by atoms with Crippen LogP contribution in [0.5, 0.6) is 0 Å². The minimum atomic E-state index is 0.939. The van der Waals surface area contributed by atoms with E-state index in [0.717, 1.165) is 33.3 Å². The summed E-state index contributed by atoms with van der Waals surface area (Å²) in [5.74, 6) is 0. The fourth-order valence-electron chi connectivity index (χ4n) is 7.21. The number of hydrogen-bond acceptors (Lipinski definition) is 2. The molecule has 0 fully saturated rings. The van der Waals surface area contributed by atoms with Crippen LogP contribution in [-0.4, -0.2) is 23.5 Å². The molecule has 10 rings (SSSR count). The number of para-hydroxylation sites is 3. The third kappa shape index (κ3) is 2.95. The Morgan fingerprint density at radius 3 is 2.00 bits per heavy atom. The molecule has 0 aliphatic heterocycles. The van der Waals surface area contributed by atoms with Crippen LogP contribution in [0.25, 0.3) is 82.3 Å². The van der Waals surface area contributed by atoms with E-state index < -0.39 is 0 Å². The highest BCUT2D eigenvalue weighted by atomic mass is 15.0. The zero-order chi connectivity index (χ0) is 28.1. The number of nitrogens with zero attached hydrogens (tertiary/aromatic N) is 5. The fraction of sp³-hybridized carbons (Fsp3) is 0. The first kappa shape index (κ1) is 22.7. The Bertz CT molecular complexity index is 2710. The molecule has 0 N–H and O–H groups in total. The smallest absolute Gasteiger partial charge is 0.145 e. The van der Waals surface area contributed by atoms with E-state index in [4.69, 9.17) is 4.98 Å². The predicted molar refractivity (Wildman–Crippen MR) is 177 cm³/mol. The van der Waals surface area contributed by atoms with E-state index in [1.165, 1.54) is 49.0 Å². The maximum Gasteiger partial charge on any atom is 0.145 e. The Labute approximate surface area is 245 Å². The molecule has 0 saturated heterocycles. The number of aromatic nitrogens is 5. The zero-order valence-corrected chi connectivity index (χ0v) is 23.0. The molecule has 5 aromatic carbocycles. The van der Waals surface area contributed by atoms with Crippen molar-refractivity contribution in [1.29, 1.82) is 0 Å². The second-order valence-corrected chi connectivity index (χ2v) is 11.1. The molecule has 0 unspecified atom stereocenters. The maximum atomic E-state index is 4.80. The Balaban J connectivity index is 1.49. The molecule has 43 heavy (non-hydrogen) atoms. The molecule has 10 aromatic rings. The average Bonchev–Trinajstić information content (AvgIpc) is 3.77. The van der Waals surface area contributed by atoms with Gasteiger partial charge in [-0.05, 0) is 54.6 Å². The van der Waals surface area contributed by atoms with Crippen molar-refractivity contribution in [3.05, 3.63) is 140 Å². The fourth-order valence-corrected chi connectivity index (χ4v) is 7.21. The molecule has 0 aliphatic carbocycles. The summed E-state index contributed by atoms with van der Waals surface area (Å²) in [6.45, 7) is 0. The van der Waals surface area contributed by atoms with E-state index in [9.17, 15) is 0 Å². The van der Waals surface area contributed by atoms with Gasteiger partial charge >= 0.3 is 0 Å². The second-order valence-electron chi connectivity index (χ2n) is 11.1. The number of rotatable bonds is 2. The van der Waals surface area contributed by atoms with Crippen LogP contribution in [0.4, 0.5) is 0 Å². The van der Waals surface area contributed by atoms with E-state index in [1.807, 2.05) is 24.8 Å². The Hall–Kier alpha value is -5.94. The minimum absolute atomic E-state index is 0.939. The summed E-state index contributed by atoms with van der Waals surface area (Å²) in [6.07, 6.45) is 7.73. The molecule has 5 heteroatoms. The maximum absolute atomic E-state index is 4.80. The zero-order valence-electron chi connectivity index (χ0n) is 23.0. The second kappa shape index (κ2) is 8.30. The van der Waals surface area contributed by atoms with Gasteiger partial charge in [0.2, 0.25) is 0 Å². The van der Waals surface area contributed by atoms with Crippen molar-refractivity contribution >= 4 is 70.9 Å². The van der Waals surface area contributed by atoms with Crippen LogP contribution in [0, 0.1) is 0 Å². The molecule has 0 saturated carbocycles. The van der Waals surface area contributed by atoms with Crippen LogP contribution in [0.15, 0.2) is 140 Å². The van der Waals surface area contributed by atoms with Crippen molar-refractivity contribution in [1.82, 2.24) is 23.5 Å². The number of hydrogen-bond donors (Lipinski definition) is 0. The van der Waals surface area contributed by atoms with Gasteiger partial charge in [0, 0.05) is 67.7 Å². The number of pyridine rings is 2. The van der Waals surface area contributed by atoms with E-state index in [2.05, 4.69) is 134 Å². The molecule has 5 aromatic heterocycles. The van der Waals surface area contributed by atoms with Crippen LogP contribution in [0.2, 0.25) is 0 Å². The van der Waals surface area contributed by atoms with Gasteiger partial charge in [-0.2, -0.15) is 0 Å². The normalized spacial score (nSPS) is 12.2. The van der Waals surface area contributed by atoms with Gasteiger partial charge in [-0.25, -0.2) is 4.98 Å². The number of benzene rings is 5. The summed E-state index contributed by atoms with van der Waals surface area (Å²) in [5.41, 5.74) is 9.02. The molecule has 200 valence electrons. The first-order chi connectivity index (χ1) is 21.4. The largest absolute Gasteiger partial charge is 0.309 e. The van der Waals surface area contributed by atoms with Crippen LogP contribution in [0.3, 0.4) is 0 Å². The van der Waals surface area contributed by atoms with Gasteiger partial charge < -0.3 is 9.13 Å². The summed E-state index contributed by atoms with van der Waals surface area (Å²) >= 11 is 0. The first-order valence-corrected chi connectivity index (χ1v) is 14.5. The number of imidazole rings is 1. The molecule has 5 nitrogen and oxygen atoms in total. The standard InChI is InChI=1S/C38H23N5/c1-3-9-24(10-4-1)42-32-14-8-7-13-26(32)30-21-31-27-15-16-29-36(28-17-18-39-23-35(28)41-20-19-40-38(29)41)37(27)43(34(31)22-33(30)42)25-11-5-2-6-12-25/h1-23H. The quantitative estimate of drug-likeness (QED) is 0.202. The molecular weight excluding hydrogens is 526 g/mol. The highest BCUT2D eigenvalue weighted by Gasteiger charge is 2.22. The van der Waals surface area contributed by atoms with Gasteiger partial charge in [0.25, 0.3) is 0 Å². The van der Waals surface area contributed by atoms with Crippen molar-refractivity contribution < 1.29 is 0 Å². The van der Waals surface area contributed by atoms with Gasteiger partial charge in [0.1, 0.15) is 5.65 Å². The van der Waals surface area contributed by atoms with Crippen LogP contribution >= 0.6 is 0 Å². The van der Waals surface area contributed by atoms with Crippen LogP contribution in [-0.2, 0) is 0 Å². The minimum Gasteiger partial charge on any atom is -0.309 e. The van der Waals surface area contributed by atoms with Crippen molar-refractivity contribution in [2.24, 2.45) is 0 Å². The van der Waals surface area contributed by atoms with Crippen molar-refractivity contribution in [2.45, 2.75) is 0 Å². The molecular formula is C38H23N5. The summed E-state index contributed by atoms with van der Waals surface area (Å²) in [7, 11) is 0. The lowest BCUT2D eigenvalue weighted by Gasteiger charge is -2.13. The molecule has 0 aliphatic rings. The molecule has 0 spiro atoms. The summed E-state index contributed by atoms with van der Waals surface area (Å²) < 4.78 is 6.98. The third-order valence-electron chi connectivity index (χ3n) is 8.96. The van der Waals surface area contributed by atoms with Gasteiger partial charge in [0.15, 0.2) is 0 Å². The third-order valence-corrected chi connectivity index (χ3v) is 8.96. The Morgan fingerprint density at radius 2 is 1.16 bits per heavy atom. The lowest BCUT2D eigenvalue weighted by molar-refractivity contribution is 1.17. The van der Waals surface area contributed by atoms with E-state index in [-0.39, 0.29) is 0 Å². The summed E-state index contributed by atoms with van der Waals surface area (Å²) in [5, 5.41) is 8.42. The van der Waals surface area contributed by atoms with E-state index >= 15 is 0 Å². The van der Waals surface area contributed by atoms with Crippen LogP contribution < -0.4 is 0 Å². The Kier molecular flexibility index (Phi) is 4.39.